The van der Waals surface area contributed by atoms with Crippen molar-refractivity contribution in [2.45, 2.75) is 65.1 Å². The molecule has 0 spiro atoms. The Kier molecular flexibility index (Phi) is 7.19. The van der Waals surface area contributed by atoms with E-state index in [0.717, 1.165) is 44.1 Å². The van der Waals surface area contributed by atoms with Crippen LogP contribution in [0, 0.1) is 11.3 Å². The van der Waals surface area contributed by atoms with E-state index in [-0.39, 0.29) is 29.4 Å². The van der Waals surface area contributed by atoms with Crippen molar-refractivity contribution in [2.24, 2.45) is 16.3 Å². The van der Waals surface area contributed by atoms with E-state index in [2.05, 4.69) is 38.3 Å². The van der Waals surface area contributed by atoms with Gasteiger partial charge in [0.2, 0.25) is 0 Å². The second kappa shape index (κ2) is 8.75. The second-order valence-corrected chi connectivity index (χ2v) is 7.70. The molecule has 3 rings (SSSR count). The zero-order chi connectivity index (χ0) is 17.2. The molecular formula is C19H32IN3O2. The largest absolute Gasteiger partial charge is 0.469 e. The van der Waals surface area contributed by atoms with Gasteiger partial charge in [0.15, 0.2) is 5.96 Å². The molecule has 2 fully saturated rings. The third kappa shape index (κ3) is 4.51. The molecule has 2 N–H and O–H groups in total. The van der Waals surface area contributed by atoms with Crippen LogP contribution in [0.25, 0.3) is 0 Å². The Hall–Kier alpha value is -0.760. The first-order valence-corrected chi connectivity index (χ1v) is 9.24. The highest BCUT2D eigenvalue weighted by molar-refractivity contribution is 14.0. The third-order valence-electron chi connectivity index (χ3n) is 5.60. The number of fused-ring (bicyclic) bond motifs is 1. The molecule has 4 atom stereocenters. The number of nitrogens with one attached hydrogen (secondary N) is 2. The van der Waals surface area contributed by atoms with Crippen LogP contribution in [0.1, 0.15) is 46.3 Å². The molecule has 25 heavy (non-hydrogen) atoms. The molecule has 2 heterocycles. The summed E-state index contributed by atoms with van der Waals surface area (Å²) in [6.45, 7) is 10.6. The lowest BCUT2D eigenvalue weighted by atomic mass is 9.57. The summed E-state index contributed by atoms with van der Waals surface area (Å²) in [5.41, 5.74) is 0.153. The minimum Gasteiger partial charge on any atom is -0.469 e. The highest BCUT2D eigenvalue weighted by Crippen LogP contribution is 2.52. The Morgan fingerprint density at radius 3 is 2.92 bits per heavy atom. The van der Waals surface area contributed by atoms with Crippen LogP contribution in [0.5, 0.6) is 0 Å². The van der Waals surface area contributed by atoms with Crippen LogP contribution in [0.4, 0.5) is 0 Å². The number of hydrogen-bond donors (Lipinski definition) is 2. The van der Waals surface area contributed by atoms with Crippen molar-refractivity contribution in [3.8, 4) is 0 Å². The number of halogens is 1. The van der Waals surface area contributed by atoms with Crippen molar-refractivity contribution in [2.75, 3.05) is 13.2 Å². The molecule has 1 saturated carbocycles. The lowest BCUT2D eigenvalue weighted by molar-refractivity contribution is -0.106. The smallest absolute Gasteiger partial charge is 0.191 e. The van der Waals surface area contributed by atoms with Crippen molar-refractivity contribution < 1.29 is 9.15 Å². The zero-order valence-corrected chi connectivity index (χ0v) is 18.1. The van der Waals surface area contributed by atoms with E-state index in [1.807, 2.05) is 12.1 Å². The summed E-state index contributed by atoms with van der Waals surface area (Å²) in [5.74, 6) is 2.50. The van der Waals surface area contributed by atoms with E-state index in [1.165, 1.54) is 0 Å². The topological polar surface area (TPSA) is 58.8 Å². The number of hydrogen-bond acceptors (Lipinski definition) is 3. The number of aliphatic imine (C=N–C) groups is 1. The van der Waals surface area contributed by atoms with Gasteiger partial charge < -0.3 is 19.8 Å². The predicted octanol–water partition coefficient (Wildman–Crippen LogP) is 3.59. The third-order valence-corrected chi connectivity index (χ3v) is 5.60. The van der Waals surface area contributed by atoms with E-state index >= 15 is 0 Å². The van der Waals surface area contributed by atoms with Crippen LogP contribution in [0.2, 0.25) is 0 Å². The van der Waals surface area contributed by atoms with Crippen molar-refractivity contribution >= 4 is 29.9 Å². The summed E-state index contributed by atoms with van der Waals surface area (Å²) < 4.78 is 11.3. The van der Waals surface area contributed by atoms with Crippen LogP contribution in [-0.2, 0) is 11.2 Å². The van der Waals surface area contributed by atoms with Gasteiger partial charge in [-0.2, -0.15) is 0 Å². The first-order valence-electron chi connectivity index (χ1n) is 9.24. The van der Waals surface area contributed by atoms with Crippen LogP contribution in [0.15, 0.2) is 27.8 Å². The zero-order valence-electron chi connectivity index (χ0n) is 15.7. The van der Waals surface area contributed by atoms with Gasteiger partial charge in [0.25, 0.3) is 0 Å². The predicted molar refractivity (Wildman–Crippen MR) is 112 cm³/mol. The van der Waals surface area contributed by atoms with Crippen molar-refractivity contribution in [1.29, 1.82) is 0 Å². The highest BCUT2D eigenvalue weighted by Gasteiger charge is 2.59. The van der Waals surface area contributed by atoms with Gasteiger partial charge in [0, 0.05) is 43.0 Å². The number of ether oxygens (including phenoxy) is 1. The molecule has 1 aliphatic carbocycles. The molecule has 0 amide bonds. The van der Waals surface area contributed by atoms with Crippen molar-refractivity contribution in [3.05, 3.63) is 24.2 Å². The molecule has 142 valence electrons. The fraction of sp³-hybridized carbons (Fsp3) is 0.737. The number of guanidine groups is 1. The molecule has 2 aliphatic rings. The molecule has 5 nitrogen and oxygen atoms in total. The molecule has 6 heteroatoms. The van der Waals surface area contributed by atoms with Gasteiger partial charge in [0.05, 0.1) is 12.4 Å². The molecular weight excluding hydrogens is 429 g/mol. The van der Waals surface area contributed by atoms with Crippen LogP contribution < -0.4 is 10.6 Å². The number of nitrogens with zero attached hydrogens (tertiary/aromatic N) is 1. The molecule has 0 bridgehead atoms. The molecule has 0 aromatic carbocycles. The van der Waals surface area contributed by atoms with Crippen molar-refractivity contribution in [3.63, 3.8) is 0 Å². The normalized spacial score (nSPS) is 28.5. The first kappa shape index (κ1) is 20.6. The lowest BCUT2D eigenvalue weighted by Gasteiger charge is -2.55. The van der Waals surface area contributed by atoms with Crippen molar-refractivity contribution in [1.82, 2.24) is 10.6 Å². The minimum atomic E-state index is 0. The summed E-state index contributed by atoms with van der Waals surface area (Å²) >= 11 is 0. The summed E-state index contributed by atoms with van der Waals surface area (Å²) in [7, 11) is 0. The maximum atomic E-state index is 5.90. The van der Waals surface area contributed by atoms with Crippen LogP contribution in [-0.4, -0.2) is 37.3 Å². The Balaban J connectivity index is 0.00000225. The second-order valence-electron chi connectivity index (χ2n) is 7.70. The Morgan fingerprint density at radius 1 is 1.44 bits per heavy atom. The van der Waals surface area contributed by atoms with Gasteiger partial charge in [0.1, 0.15) is 5.76 Å². The highest BCUT2D eigenvalue weighted by atomic mass is 127. The quantitative estimate of drug-likeness (QED) is 0.386. The summed E-state index contributed by atoms with van der Waals surface area (Å²) in [5, 5.41) is 7.22. The van der Waals surface area contributed by atoms with E-state index in [9.17, 15) is 0 Å². The Labute approximate surface area is 168 Å². The van der Waals surface area contributed by atoms with E-state index < -0.39 is 0 Å². The van der Waals surface area contributed by atoms with E-state index in [0.29, 0.717) is 24.1 Å². The Bertz CT molecular complexity index is 559. The SMILES string of the molecule is CCC(C)NC(=NCCc1ccco1)NC1C2CCOC2C1(C)C.I. The van der Waals surface area contributed by atoms with Gasteiger partial charge in [-0.25, -0.2) is 0 Å². The fourth-order valence-corrected chi connectivity index (χ4v) is 3.97. The average molecular weight is 461 g/mol. The van der Waals surface area contributed by atoms with Crippen LogP contribution >= 0.6 is 24.0 Å². The van der Waals surface area contributed by atoms with Crippen LogP contribution in [0.3, 0.4) is 0 Å². The van der Waals surface area contributed by atoms with Gasteiger partial charge >= 0.3 is 0 Å². The molecule has 1 aromatic rings. The Morgan fingerprint density at radius 2 is 2.24 bits per heavy atom. The standard InChI is InChI=1S/C19H31N3O2.HI/c1-5-13(2)21-18(20-10-8-14-7-6-11-23-14)22-16-15-9-12-24-17(15)19(16,3)4;/h6-7,11,13,15-17H,5,8-10,12H2,1-4H3,(H2,20,21,22);1H. The first-order chi connectivity index (χ1) is 11.5. The average Bonchev–Trinajstić information content (AvgIpc) is 3.22. The molecule has 1 aromatic heterocycles. The molecule has 1 saturated heterocycles. The molecule has 0 radical (unpaired) electrons. The van der Waals surface area contributed by atoms with Gasteiger partial charge in [-0.3, -0.25) is 4.99 Å². The van der Waals surface area contributed by atoms with E-state index in [4.69, 9.17) is 14.1 Å². The minimum absolute atomic E-state index is 0. The fourth-order valence-electron chi connectivity index (χ4n) is 3.97. The molecule has 4 unspecified atom stereocenters. The number of furan rings is 1. The summed E-state index contributed by atoms with van der Waals surface area (Å²) in [4.78, 5) is 4.78. The van der Waals surface area contributed by atoms with Gasteiger partial charge in [-0.1, -0.05) is 20.8 Å². The lowest BCUT2D eigenvalue weighted by Crippen LogP contribution is -2.68. The maximum absolute atomic E-state index is 5.90. The van der Waals surface area contributed by atoms with Gasteiger partial charge in [-0.15, -0.1) is 24.0 Å². The van der Waals surface area contributed by atoms with Gasteiger partial charge in [-0.05, 0) is 31.9 Å². The molecule has 1 aliphatic heterocycles. The monoisotopic (exact) mass is 461 g/mol. The number of rotatable bonds is 6. The summed E-state index contributed by atoms with van der Waals surface area (Å²) in [6, 6.07) is 4.75. The summed E-state index contributed by atoms with van der Waals surface area (Å²) in [6.07, 6.45) is 5.15. The maximum Gasteiger partial charge on any atom is 0.191 e. The van der Waals surface area contributed by atoms with E-state index in [1.54, 1.807) is 6.26 Å².